The number of furan rings is 2. The van der Waals surface area contributed by atoms with Gasteiger partial charge in [0.25, 0.3) is 0 Å². The van der Waals surface area contributed by atoms with Gasteiger partial charge in [-0.15, -0.1) is 0 Å². The maximum absolute atomic E-state index is 6.53. The van der Waals surface area contributed by atoms with Crippen molar-refractivity contribution in [2.75, 3.05) is 4.90 Å². The quantitative estimate of drug-likeness (QED) is 0.190. The molecular weight excluding hydrogens is 599 g/mol. The fourth-order valence-corrected chi connectivity index (χ4v) is 7.30. The van der Waals surface area contributed by atoms with E-state index in [0.717, 1.165) is 66.7 Å². The minimum Gasteiger partial charge on any atom is -0.456 e. The molecule has 10 aromatic rings. The zero-order chi connectivity index (χ0) is 32.3. The van der Waals surface area contributed by atoms with Crippen LogP contribution in [-0.4, -0.2) is 0 Å². The van der Waals surface area contributed by atoms with Gasteiger partial charge < -0.3 is 13.7 Å². The van der Waals surface area contributed by atoms with Gasteiger partial charge in [-0.2, -0.15) is 0 Å². The highest BCUT2D eigenvalue weighted by molar-refractivity contribution is 6.19. The van der Waals surface area contributed by atoms with Crippen LogP contribution in [0.25, 0.3) is 76.9 Å². The van der Waals surface area contributed by atoms with E-state index in [9.17, 15) is 0 Å². The Kier molecular flexibility index (Phi) is 6.18. The Hall–Kier alpha value is -6.58. The lowest BCUT2D eigenvalue weighted by molar-refractivity contribution is 0.669. The van der Waals surface area contributed by atoms with Gasteiger partial charge in [-0.3, -0.25) is 0 Å². The van der Waals surface area contributed by atoms with E-state index in [1.165, 1.54) is 27.3 Å². The smallest absolute Gasteiger partial charge is 0.159 e. The van der Waals surface area contributed by atoms with Crippen molar-refractivity contribution in [3.8, 4) is 22.3 Å². The summed E-state index contributed by atoms with van der Waals surface area (Å²) in [6.07, 6.45) is 0. The lowest BCUT2D eigenvalue weighted by Gasteiger charge is -2.26. The Bertz CT molecular complexity index is 2810. The van der Waals surface area contributed by atoms with Crippen LogP contribution in [0.1, 0.15) is 0 Å². The summed E-state index contributed by atoms with van der Waals surface area (Å²) in [6, 6.07) is 61.9. The van der Waals surface area contributed by atoms with Crippen molar-refractivity contribution in [2.45, 2.75) is 0 Å². The molecule has 0 amide bonds. The summed E-state index contributed by atoms with van der Waals surface area (Å²) in [5.41, 5.74) is 11.2. The summed E-state index contributed by atoms with van der Waals surface area (Å²) in [7, 11) is 0. The number of hydrogen-bond acceptors (Lipinski definition) is 3. The molecule has 0 aliphatic heterocycles. The normalized spacial score (nSPS) is 11.7. The van der Waals surface area contributed by atoms with Gasteiger partial charge in [0.2, 0.25) is 0 Å². The van der Waals surface area contributed by atoms with Gasteiger partial charge in [0.15, 0.2) is 5.58 Å². The van der Waals surface area contributed by atoms with Gasteiger partial charge in [0, 0.05) is 32.9 Å². The minimum atomic E-state index is 0.864. The van der Waals surface area contributed by atoms with Crippen LogP contribution in [0.3, 0.4) is 0 Å². The highest BCUT2D eigenvalue weighted by atomic mass is 16.3. The Morgan fingerprint density at radius 3 is 1.78 bits per heavy atom. The molecule has 8 aromatic carbocycles. The van der Waals surface area contributed by atoms with Crippen LogP contribution in [0.2, 0.25) is 0 Å². The summed E-state index contributed by atoms with van der Waals surface area (Å²) >= 11 is 0. The number of hydrogen-bond donors (Lipinski definition) is 0. The van der Waals surface area contributed by atoms with Gasteiger partial charge >= 0.3 is 0 Å². The molecular formula is C46H29NO2. The van der Waals surface area contributed by atoms with Crippen molar-refractivity contribution in [3.05, 3.63) is 176 Å². The van der Waals surface area contributed by atoms with Crippen molar-refractivity contribution in [2.24, 2.45) is 0 Å². The number of rotatable bonds is 5. The monoisotopic (exact) mass is 627 g/mol. The van der Waals surface area contributed by atoms with Gasteiger partial charge in [-0.1, -0.05) is 121 Å². The Morgan fingerprint density at radius 2 is 0.980 bits per heavy atom. The van der Waals surface area contributed by atoms with E-state index in [-0.39, 0.29) is 0 Å². The van der Waals surface area contributed by atoms with Gasteiger partial charge in [-0.05, 0) is 87.6 Å². The molecule has 0 spiro atoms. The number of fused-ring (bicyclic) bond motifs is 8. The molecule has 49 heavy (non-hydrogen) atoms. The molecule has 0 bridgehead atoms. The third kappa shape index (κ3) is 4.51. The first-order valence-corrected chi connectivity index (χ1v) is 16.6. The molecule has 0 atom stereocenters. The van der Waals surface area contributed by atoms with E-state index in [4.69, 9.17) is 8.83 Å². The lowest BCUT2D eigenvalue weighted by Crippen LogP contribution is -2.10. The van der Waals surface area contributed by atoms with Crippen LogP contribution >= 0.6 is 0 Å². The summed E-state index contributed by atoms with van der Waals surface area (Å²) < 4.78 is 12.9. The maximum atomic E-state index is 6.53. The largest absolute Gasteiger partial charge is 0.456 e. The lowest BCUT2D eigenvalue weighted by atomic mass is 10.0. The second kappa shape index (κ2) is 11.0. The number of para-hydroxylation sites is 2. The highest BCUT2D eigenvalue weighted by Crippen LogP contribution is 2.43. The van der Waals surface area contributed by atoms with Crippen molar-refractivity contribution in [1.82, 2.24) is 0 Å². The summed E-state index contributed by atoms with van der Waals surface area (Å²) in [5.74, 6) is 0. The van der Waals surface area contributed by atoms with Gasteiger partial charge in [0.05, 0.1) is 5.69 Å². The van der Waals surface area contributed by atoms with E-state index in [0.29, 0.717) is 0 Å². The fourth-order valence-electron chi connectivity index (χ4n) is 7.30. The summed E-state index contributed by atoms with van der Waals surface area (Å²) in [4.78, 5) is 2.29. The van der Waals surface area contributed by atoms with E-state index in [1.54, 1.807) is 0 Å². The zero-order valence-electron chi connectivity index (χ0n) is 26.5. The number of benzene rings is 8. The summed E-state index contributed by atoms with van der Waals surface area (Å²) in [6.45, 7) is 0. The van der Waals surface area contributed by atoms with Crippen LogP contribution in [0.15, 0.2) is 185 Å². The molecule has 230 valence electrons. The van der Waals surface area contributed by atoms with Crippen molar-refractivity contribution in [3.63, 3.8) is 0 Å². The van der Waals surface area contributed by atoms with Crippen LogP contribution in [0, 0.1) is 0 Å². The molecule has 0 N–H and O–H groups in total. The first-order chi connectivity index (χ1) is 24.3. The molecule has 0 unspecified atom stereocenters. The van der Waals surface area contributed by atoms with Crippen LogP contribution < -0.4 is 4.90 Å². The van der Waals surface area contributed by atoms with Crippen LogP contribution in [0.4, 0.5) is 17.1 Å². The molecule has 3 heteroatoms. The van der Waals surface area contributed by atoms with Crippen molar-refractivity contribution in [1.29, 1.82) is 0 Å². The molecule has 2 heterocycles. The van der Waals surface area contributed by atoms with Crippen molar-refractivity contribution < 1.29 is 8.83 Å². The van der Waals surface area contributed by atoms with E-state index < -0.39 is 0 Å². The number of nitrogens with zero attached hydrogens (tertiary/aromatic N) is 1. The Balaban J connectivity index is 1.08. The van der Waals surface area contributed by atoms with Crippen molar-refractivity contribution >= 4 is 71.7 Å². The molecule has 0 aliphatic carbocycles. The molecule has 10 rings (SSSR count). The van der Waals surface area contributed by atoms with Crippen LogP contribution in [0.5, 0.6) is 0 Å². The van der Waals surface area contributed by atoms with Crippen LogP contribution in [-0.2, 0) is 0 Å². The summed E-state index contributed by atoms with van der Waals surface area (Å²) in [5, 5.41) is 6.95. The molecule has 0 aliphatic rings. The molecule has 0 saturated carbocycles. The molecule has 3 nitrogen and oxygen atoms in total. The molecule has 2 aromatic heterocycles. The Morgan fingerprint density at radius 1 is 0.347 bits per heavy atom. The Labute approximate surface area is 282 Å². The highest BCUT2D eigenvalue weighted by Gasteiger charge is 2.20. The molecule has 0 saturated heterocycles. The average Bonchev–Trinajstić information content (AvgIpc) is 3.75. The number of anilines is 3. The SMILES string of the molecule is c1ccc(-c2ccc(N(c3ccc(-c4ccc5c(c4)oc4ccc6ccccc6c45)cc3)c3cccc4c3oc3ccccc34)cc2)cc1. The fraction of sp³-hybridized carbons (Fsp3) is 0. The van der Waals surface area contributed by atoms with E-state index in [1.807, 2.05) is 18.2 Å². The first kappa shape index (κ1) is 27.5. The third-order valence-corrected chi connectivity index (χ3v) is 9.68. The second-order valence-corrected chi connectivity index (χ2v) is 12.5. The minimum absolute atomic E-state index is 0.864. The van der Waals surface area contributed by atoms with E-state index in [2.05, 4.69) is 163 Å². The average molecular weight is 628 g/mol. The van der Waals surface area contributed by atoms with E-state index >= 15 is 0 Å². The second-order valence-electron chi connectivity index (χ2n) is 12.5. The van der Waals surface area contributed by atoms with Gasteiger partial charge in [0.1, 0.15) is 16.7 Å². The topological polar surface area (TPSA) is 29.5 Å². The third-order valence-electron chi connectivity index (χ3n) is 9.68. The first-order valence-electron chi connectivity index (χ1n) is 16.6. The standard InChI is InChI=1S/C46H29NO2/c1-2-9-30(10-3-1)31-17-23-35(24-18-31)47(41-15-8-14-39-38-13-6-7-16-42(38)49-46(39)41)36-25-19-32(20-26-36)34-21-27-40-44(29-34)48-43-28-22-33-11-4-5-12-37(33)45(40)43/h1-29H. The predicted octanol–water partition coefficient (Wildman–Crippen LogP) is 13.4. The predicted molar refractivity (Wildman–Crippen MR) is 204 cm³/mol. The van der Waals surface area contributed by atoms with Gasteiger partial charge in [-0.25, -0.2) is 0 Å². The molecule has 0 fully saturated rings. The molecule has 0 radical (unpaired) electrons. The zero-order valence-corrected chi connectivity index (χ0v) is 26.5. The maximum Gasteiger partial charge on any atom is 0.159 e.